The van der Waals surface area contributed by atoms with Crippen molar-refractivity contribution in [3.63, 3.8) is 0 Å². The van der Waals surface area contributed by atoms with E-state index in [-0.39, 0.29) is 5.91 Å². The average molecular weight is 313 g/mol. The van der Waals surface area contributed by atoms with Crippen LogP contribution in [0, 0.1) is 6.92 Å². The second kappa shape index (κ2) is 6.11. The van der Waals surface area contributed by atoms with Crippen molar-refractivity contribution in [1.82, 2.24) is 14.5 Å². The Balaban J connectivity index is 1.84. The van der Waals surface area contributed by atoms with Crippen LogP contribution in [0.1, 0.15) is 21.8 Å². The molecule has 112 valence electrons. The first-order valence-electron chi connectivity index (χ1n) is 6.82. The van der Waals surface area contributed by atoms with Gasteiger partial charge >= 0.3 is 0 Å². The van der Waals surface area contributed by atoms with Crippen LogP contribution in [0.25, 0.3) is 10.4 Å². The molecule has 2 heterocycles. The van der Waals surface area contributed by atoms with E-state index in [2.05, 4.69) is 9.59 Å². The molecule has 0 aliphatic heterocycles. The summed E-state index contributed by atoms with van der Waals surface area (Å²) in [5, 5.41) is 4.01. The highest BCUT2D eigenvalue weighted by molar-refractivity contribution is 7.09. The van der Waals surface area contributed by atoms with Gasteiger partial charge in [-0.2, -0.15) is 0 Å². The van der Waals surface area contributed by atoms with Gasteiger partial charge in [0.05, 0.1) is 17.7 Å². The van der Waals surface area contributed by atoms with E-state index in [4.69, 9.17) is 4.42 Å². The molecular weight excluding hydrogens is 298 g/mol. The summed E-state index contributed by atoms with van der Waals surface area (Å²) >= 11 is 1.23. The molecule has 0 saturated carbocycles. The summed E-state index contributed by atoms with van der Waals surface area (Å²) < 4.78 is 9.21. The first-order chi connectivity index (χ1) is 10.6. The van der Waals surface area contributed by atoms with E-state index in [0.717, 1.165) is 16.2 Å². The topological polar surface area (TPSA) is 59.2 Å². The van der Waals surface area contributed by atoms with Crippen molar-refractivity contribution in [3.8, 4) is 10.4 Å². The third kappa shape index (κ3) is 2.92. The quantitative estimate of drug-likeness (QED) is 0.741. The van der Waals surface area contributed by atoms with Crippen LogP contribution in [-0.4, -0.2) is 27.4 Å². The highest BCUT2D eigenvalue weighted by atomic mass is 32.1. The van der Waals surface area contributed by atoms with Crippen molar-refractivity contribution in [2.24, 2.45) is 0 Å². The van der Waals surface area contributed by atoms with Crippen LogP contribution in [0.2, 0.25) is 0 Å². The lowest BCUT2D eigenvalue weighted by Gasteiger charge is -2.14. The van der Waals surface area contributed by atoms with Gasteiger partial charge in [-0.05, 0) is 36.2 Å². The molecule has 0 aliphatic rings. The molecule has 0 unspecified atom stereocenters. The van der Waals surface area contributed by atoms with Crippen molar-refractivity contribution in [2.75, 3.05) is 7.05 Å². The maximum atomic E-state index is 12.6. The number of furan rings is 1. The summed E-state index contributed by atoms with van der Waals surface area (Å²) in [6.45, 7) is 2.43. The van der Waals surface area contributed by atoms with Crippen molar-refractivity contribution in [3.05, 3.63) is 59.7 Å². The minimum atomic E-state index is -0.166. The van der Waals surface area contributed by atoms with Crippen LogP contribution in [0.5, 0.6) is 0 Å². The molecule has 2 aromatic heterocycles. The maximum Gasteiger partial charge on any atom is 0.276 e. The Bertz CT molecular complexity index is 763. The number of nitrogens with zero attached hydrogens (tertiary/aromatic N) is 3. The molecule has 0 aliphatic carbocycles. The summed E-state index contributed by atoms with van der Waals surface area (Å²) in [4.78, 5) is 14.9. The first kappa shape index (κ1) is 14.5. The van der Waals surface area contributed by atoms with Crippen molar-refractivity contribution in [1.29, 1.82) is 0 Å². The molecule has 1 amide bonds. The molecule has 0 saturated heterocycles. The standard InChI is InChI=1S/C16H15N3O2S/c1-11-5-7-12(8-6-11)15-14(17-18-22-15)16(20)19(2)10-13-4-3-9-21-13/h3-9H,10H2,1-2H3. The van der Waals surface area contributed by atoms with E-state index in [0.29, 0.717) is 12.2 Å². The number of hydrogen-bond donors (Lipinski definition) is 0. The zero-order chi connectivity index (χ0) is 15.5. The van der Waals surface area contributed by atoms with Gasteiger partial charge in [-0.1, -0.05) is 34.3 Å². The van der Waals surface area contributed by atoms with E-state index < -0.39 is 0 Å². The van der Waals surface area contributed by atoms with Gasteiger partial charge in [-0.25, -0.2) is 0 Å². The molecule has 3 rings (SSSR count). The lowest BCUT2D eigenvalue weighted by molar-refractivity contribution is 0.0770. The van der Waals surface area contributed by atoms with E-state index >= 15 is 0 Å². The number of rotatable bonds is 4. The molecule has 5 nitrogen and oxygen atoms in total. The average Bonchev–Trinajstić information content (AvgIpc) is 3.18. The molecule has 6 heteroatoms. The first-order valence-corrected chi connectivity index (χ1v) is 7.59. The van der Waals surface area contributed by atoms with Gasteiger partial charge < -0.3 is 9.32 Å². The highest BCUT2D eigenvalue weighted by Gasteiger charge is 2.21. The molecule has 0 spiro atoms. The molecule has 0 radical (unpaired) electrons. The molecule has 3 aromatic rings. The maximum absolute atomic E-state index is 12.6. The number of amides is 1. The van der Waals surface area contributed by atoms with Crippen LogP contribution < -0.4 is 0 Å². The van der Waals surface area contributed by atoms with Crippen LogP contribution in [0.4, 0.5) is 0 Å². The molecule has 1 aromatic carbocycles. The molecule has 0 N–H and O–H groups in total. The molecule has 0 bridgehead atoms. The van der Waals surface area contributed by atoms with Crippen LogP contribution in [-0.2, 0) is 6.54 Å². The normalized spacial score (nSPS) is 10.6. The van der Waals surface area contributed by atoms with Crippen molar-refractivity contribution >= 4 is 17.4 Å². The predicted octanol–water partition coefficient (Wildman–Crippen LogP) is 3.38. The Kier molecular flexibility index (Phi) is 4.02. The lowest BCUT2D eigenvalue weighted by Crippen LogP contribution is -2.26. The van der Waals surface area contributed by atoms with E-state index in [1.54, 1.807) is 24.3 Å². The Morgan fingerprint density at radius 1 is 1.27 bits per heavy atom. The zero-order valence-electron chi connectivity index (χ0n) is 12.3. The third-order valence-corrected chi connectivity index (χ3v) is 4.10. The van der Waals surface area contributed by atoms with E-state index in [1.165, 1.54) is 17.1 Å². The minimum absolute atomic E-state index is 0.166. The Hall–Kier alpha value is -2.47. The van der Waals surface area contributed by atoms with E-state index in [9.17, 15) is 4.79 Å². The SMILES string of the molecule is Cc1ccc(-c2snnc2C(=O)N(C)Cc2ccco2)cc1. The van der Waals surface area contributed by atoms with Gasteiger partial charge in [0, 0.05) is 7.05 Å². The number of aryl methyl sites for hydroxylation is 1. The number of carbonyl (C=O) groups is 1. The van der Waals surface area contributed by atoms with Gasteiger partial charge in [0.15, 0.2) is 5.69 Å². The Labute approximate surface area is 132 Å². The van der Waals surface area contributed by atoms with Gasteiger partial charge in [0.1, 0.15) is 5.76 Å². The van der Waals surface area contributed by atoms with E-state index in [1.807, 2.05) is 37.3 Å². The number of hydrogen-bond acceptors (Lipinski definition) is 5. The summed E-state index contributed by atoms with van der Waals surface area (Å²) in [5.74, 6) is 0.566. The summed E-state index contributed by atoms with van der Waals surface area (Å²) in [5.41, 5.74) is 2.50. The fourth-order valence-corrected chi connectivity index (χ4v) is 2.77. The Morgan fingerprint density at radius 2 is 2.05 bits per heavy atom. The number of benzene rings is 1. The van der Waals surface area contributed by atoms with Crippen molar-refractivity contribution in [2.45, 2.75) is 13.5 Å². The minimum Gasteiger partial charge on any atom is -0.467 e. The van der Waals surface area contributed by atoms with Gasteiger partial charge in [0.2, 0.25) is 0 Å². The van der Waals surface area contributed by atoms with Crippen LogP contribution in [0.15, 0.2) is 47.1 Å². The van der Waals surface area contributed by atoms with Gasteiger partial charge in [-0.15, -0.1) is 5.10 Å². The fraction of sp³-hybridized carbons (Fsp3) is 0.188. The molecule has 0 fully saturated rings. The molecule has 0 atom stereocenters. The molecular formula is C16H15N3O2S. The van der Waals surface area contributed by atoms with Crippen molar-refractivity contribution < 1.29 is 9.21 Å². The number of carbonyl (C=O) groups excluding carboxylic acids is 1. The smallest absolute Gasteiger partial charge is 0.276 e. The fourth-order valence-electron chi connectivity index (χ4n) is 2.11. The monoisotopic (exact) mass is 313 g/mol. The van der Waals surface area contributed by atoms with Gasteiger partial charge in [-0.3, -0.25) is 4.79 Å². The van der Waals surface area contributed by atoms with Crippen LogP contribution in [0.3, 0.4) is 0 Å². The zero-order valence-corrected chi connectivity index (χ0v) is 13.1. The second-order valence-electron chi connectivity index (χ2n) is 5.06. The highest BCUT2D eigenvalue weighted by Crippen LogP contribution is 2.27. The summed E-state index contributed by atoms with van der Waals surface area (Å²) in [6, 6.07) is 11.6. The lowest BCUT2D eigenvalue weighted by atomic mass is 10.1. The molecule has 22 heavy (non-hydrogen) atoms. The summed E-state index contributed by atoms with van der Waals surface area (Å²) in [7, 11) is 1.73. The second-order valence-corrected chi connectivity index (χ2v) is 5.81. The predicted molar refractivity (Wildman–Crippen MR) is 84.6 cm³/mol. The largest absolute Gasteiger partial charge is 0.467 e. The Morgan fingerprint density at radius 3 is 2.73 bits per heavy atom. The third-order valence-electron chi connectivity index (χ3n) is 3.32. The van der Waals surface area contributed by atoms with Gasteiger partial charge in [0.25, 0.3) is 5.91 Å². The summed E-state index contributed by atoms with van der Waals surface area (Å²) in [6.07, 6.45) is 1.59. The number of aromatic nitrogens is 2. The van der Waals surface area contributed by atoms with Crippen LogP contribution >= 0.6 is 11.5 Å².